The molecule has 28 heavy (non-hydrogen) atoms. The van der Waals surface area contributed by atoms with Gasteiger partial charge in [-0.05, 0) is 25.8 Å². The molecule has 150 valence electrons. The maximum absolute atomic E-state index is 12.6. The second-order valence-electron chi connectivity index (χ2n) is 7.50. The first-order valence-electron chi connectivity index (χ1n) is 10.2. The predicted octanol–water partition coefficient (Wildman–Crippen LogP) is 2.87. The van der Waals surface area contributed by atoms with Crippen LogP contribution in [0.2, 0.25) is 0 Å². The number of anilines is 1. The summed E-state index contributed by atoms with van der Waals surface area (Å²) in [5.41, 5.74) is 2.17. The first-order valence-corrected chi connectivity index (χ1v) is 10.2. The van der Waals surface area contributed by atoms with Gasteiger partial charge in [0.15, 0.2) is 0 Å². The third-order valence-corrected chi connectivity index (χ3v) is 5.13. The molecule has 1 saturated heterocycles. The quantitative estimate of drug-likeness (QED) is 0.799. The van der Waals surface area contributed by atoms with Crippen molar-refractivity contribution in [1.29, 1.82) is 0 Å². The van der Waals surface area contributed by atoms with E-state index in [0.717, 1.165) is 56.4 Å². The summed E-state index contributed by atoms with van der Waals surface area (Å²) >= 11 is 0. The van der Waals surface area contributed by atoms with Crippen molar-refractivity contribution in [3.8, 4) is 0 Å². The highest BCUT2D eigenvalue weighted by Crippen LogP contribution is 2.18. The van der Waals surface area contributed by atoms with Crippen molar-refractivity contribution >= 4 is 11.7 Å². The molecular weight excluding hydrogens is 350 g/mol. The lowest BCUT2D eigenvalue weighted by Gasteiger charge is -2.35. The number of aryl methyl sites for hydroxylation is 2. The van der Waals surface area contributed by atoms with E-state index in [2.05, 4.69) is 44.1 Å². The van der Waals surface area contributed by atoms with Gasteiger partial charge in [-0.25, -0.2) is 9.97 Å². The van der Waals surface area contributed by atoms with Crippen LogP contribution in [-0.4, -0.2) is 53.5 Å². The predicted molar refractivity (Wildman–Crippen MR) is 112 cm³/mol. The molecule has 1 unspecified atom stereocenters. The Hall–Kier alpha value is -2.47. The molecule has 6 nitrogen and oxygen atoms in total. The summed E-state index contributed by atoms with van der Waals surface area (Å²) in [6.07, 6.45) is 1.99. The second-order valence-corrected chi connectivity index (χ2v) is 7.50. The zero-order valence-corrected chi connectivity index (χ0v) is 17.2. The summed E-state index contributed by atoms with van der Waals surface area (Å²) in [7, 11) is 0. The van der Waals surface area contributed by atoms with Gasteiger partial charge >= 0.3 is 0 Å². The van der Waals surface area contributed by atoms with Crippen LogP contribution < -0.4 is 10.2 Å². The number of piperazine rings is 1. The fourth-order valence-corrected chi connectivity index (χ4v) is 3.73. The van der Waals surface area contributed by atoms with Crippen molar-refractivity contribution in [3.05, 3.63) is 53.5 Å². The van der Waals surface area contributed by atoms with Gasteiger partial charge in [-0.2, -0.15) is 0 Å². The Morgan fingerprint density at radius 1 is 1.11 bits per heavy atom. The van der Waals surface area contributed by atoms with Crippen LogP contribution in [0.25, 0.3) is 0 Å². The number of carbonyl (C=O) groups excluding carboxylic acids is 1. The molecule has 0 spiro atoms. The lowest BCUT2D eigenvalue weighted by atomic mass is 10.0. The number of amides is 1. The average Bonchev–Trinajstić information content (AvgIpc) is 2.68. The van der Waals surface area contributed by atoms with Crippen molar-refractivity contribution < 1.29 is 4.79 Å². The van der Waals surface area contributed by atoms with E-state index >= 15 is 0 Å². The van der Waals surface area contributed by atoms with Crippen LogP contribution in [0.3, 0.4) is 0 Å². The highest BCUT2D eigenvalue weighted by Gasteiger charge is 2.21. The average molecular weight is 382 g/mol. The van der Waals surface area contributed by atoms with Gasteiger partial charge < -0.3 is 10.2 Å². The number of benzene rings is 1. The second kappa shape index (κ2) is 9.64. The number of nitrogens with one attached hydrogen (secondary N) is 1. The topological polar surface area (TPSA) is 61.4 Å². The van der Waals surface area contributed by atoms with Gasteiger partial charge in [-0.3, -0.25) is 9.69 Å². The van der Waals surface area contributed by atoms with Crippen molar-refractivity contribution in [2.24, 2.45) is 0 Å². The van der Waals surface area contributed by atoms with Crippen molar-refractivity contribution in [2.45, 2.75) is 39.7 Å². The summed E-state index contributed by atoms with van der Waals surface area (Å²) in [4.78, 5) is 26.0. The first kappa shape index (κ1) is 20.3. The monoisotopic (exact) mass is 381 g/mol. The van der Waals surface area contributed by atoms with E-state index in [9.17, 15) is 4.79 Å². The van der Waals surface area contributed by atoms with Crippen LogP contribution in [0.5, 0.6) is 0 Å². The van der Waals surface area contributed by atoms with E-state index in [0.29, 0.717) is 6.54 Å². The maximum atomic E-state index is 12.6. The van der Waals surface area contributed by atoms with Crippen molar-refractivity contribution in [3.63, 3.8) is 0 Å². The molecule has 1 aliphatic heterocycles. The summed E-state index contributed by atoms with van der Waals surface area (Å²) in [6, 6.07) is 12.4. The smallest absolute Gasteiger partial charge is 0.234 e. The van der Waals surface area contributed by atoms with E-state index in [-0.39, 0.29) is 11.9 Å². The molecule has 1 fully saturated rings. The van der Waals surface area contributed by atoms with Crippen LogP contribution in [-0.2, 0) is 4.79 Å². The fourth-order valence-electron chi connectivity index (χ4n) is 3.73. The molecule has 1 aromatic heterocycles. The Labute approximate surface area is 168 Å². The molecule has 1 aliphatic rings. The minimum absolute atomic E-state index is 0.0898. The Balaban J connectivity index is 1.51. The number of aromatic nitrogens is 2. The molecule has 1 aromatic carbocycles. The summed E-state index contributed by atoms with van der Waals surface area (Å²) in [5.74, 6) is 1.89. The normalized spacial score (nSPS) is 16.0. The van der Waals surface area contributed by atoms with Crippen LogP contribution in [0.1, 0.15) is 42.9 Å². The molecule has 0 bridgehead atoms. The number of carbonyl (C=O) groups is 1. The molecular formula is C22H31N5O. The van der Waals surface area contributed by atoms with Gasteiger partial charge in [0.2, 0.25) is 5.91 Å². The minimum Gasteiger partial charge on any atom is -0.354 e. The van der Waals surface area contributed by atoms with Gasteiger partial charge in [0.05, 0.1) is 12.6 Å². The lowest BCUT2D eigenvalue weighted by molar-refractivity contribution is -0.123. The third-order valence-electron chi connectivity index (χ3n) is 5.13. The van der Waals surface area contributed by atoms with Crippen LogP contribution in [0.4, 0.5) is 5.82 Å². The highest BCUT2D eigenvalue weighted by atomic mass is 16.2. The standard InChI is InChI=1S/C22H31N5O/c1-4-8-20(19-9-6-5-7-10-19)25-22(28)16-26-11-13-27(14-12-26)21-15-17(2)23-18(3)24-21/h5-7,9-10,15,20H,4,8,11-14,16H2,1-3H3,(H,25,28). The van der Waals surface area contributed by atoms with Gasteiger partial charge in [-0.1, -0.05) is 43.7 Å². The van der Waals surface area contributed by atoms with Crippen LogP contribution in [0.15, 0.2) is 36.4 Å². The first-order chi connectivity index (χ1) is 13.5. The Morgan fingerprint density at radius 3 is 2.46 bits per heavy atom. The maximum Gasteiger partial charge on any atom is 0.234 e. The molecule has 0 aliphatic carbocycles. The van der Waals surface area contributed by atoms with Crippen LogP contribution >= 0.6 is 0 Å². The van der Waals surface area contributed by atoms with Gasteiger partial charge in [0, 0.05) is 37.9 Å². The zero-order chi connectivity index (χ0) is 19.9. The van der Waals surface area contributed by atoms with Crippen molar-refractivity contribution in [1.82, 2.24) is 20.2 Å². The summed E-state index contributed by atoms with van der Waals surface area (Å²) in [5, 5.41) is 3.22. The van der Waals surface area contributed by atoms with Gasteiger partial charge in [0.1, 0.15) is 11.6 Å². The summed E-state index contributed by atoms with van der Waals surface area (Å²) in [6.45, 7) is 9.99. The van der Waals surface area contributed by atoms with E-state index in [1.807, 2.05) is 38.1 Å². The largest absolute Gasteiger partial charge is 0.354 e. The molecule has 0 saturated carbocycles. The SMILES string of the molecule is CCCC(NC(=O)CN1CCN(c2cc(C)nc(C)n2)CC1)c1ccccc1. The minimum atomic E-state index is 0.0898. The summed E-state index contributed by atoms with van der Waals surface area (Å²) < 4.78 is 0. The lowest BCUT2D eigenvalue weighted by Crippen LogP contribution is -2.50. The Morgan fingerprint density at radius 2 is 1.82 bits per heavy atom. The Bertz CT molecular complexity index is 752. The molecule has 1 atom stereocenters. The van der Waals surface area contributed by atoms with E-state index in [1.54, 1.807) is 0 Å². The van der Waals surface area contributed by atoms with E-state index in [4.69, 9.17) is 0 Å². The molecule has 0 radical (unpaired) electrons. The van der Waals surface area contributed by atoms with Crippen LogP contribution in [0, 0.1) is 13.8 Å². The molecule has 1 amide bonds. The van der Waals surface area contributed by atoms with E-state index < -0.39 is 0 Å². The molecule has 3 rings (SSSR count). The fraction of sp³-hybridized carbons (Fsp3) is 0.500. The number of hydrogen-bond donors (Lipinski definition) is 1. The zero-order valence-electron chi connectivity index (χ0n) is 17.2. The molecule has 2 aromatic rings. The number of rotatable bonds is 7. The number of nitrogens with zero attached hydrogens (tertiary/aromatic N) is 4. The Kier molecular flexibility index (Phi) is 6.98. The molecule has 6 heteroatoms. The highest BCUT2D eigenvalue weighted by molar-refractivity contribution is 5.78. The molecule has 1 N–H and O–H groups in total. The third kappa shape index (κ3) is 5.52. The van der Waals surface area contributed by atoms with Crippen molar-refractivity contribution in [2.75, 3.05) is 37.6 Å². The van der Waals surface area contributed by atoms with E-state index in [1.165, 1.54) is 5.56 Å². The molecule has 2 heterocycles. The van der Waals surface area contributed by atoms with Gasteiger partial charge in [0.25, 0.3) is 0 Å². The van der Waals surface area contributed by atoms with Gasteiger partial charge in [-0.15, -0.1) is 0 Å². The number of hydrogen-bond acceptors (Lipinski definition) is 5.